The van der Waals surface area contributed by atoms with E-state index in [1.165, 1.54) is 12.4 Å². The number of aromatic nitrogens is 2. The lowest BCUT2D eigenvalue weighted by atomic mass is 10.2. The van der Waals surface area contributed by atoms with E-state index in [9.17, 15) is 19.3 Å². The van der Waals surface area contributed by atoms with Crippen molar-refractivity contribution in [3.63, 3.8) is 0 Å². The molecule has 0 saturated carbocycles. The number of nitro groups is 1. The number of hydrogen-bond donors (Lipinski definition) is 0. The van der Waals surface area contributed by atoms with Gasteiger partial charge in [-0.25, -0.2) is 19.2 Å². The third-order valence-corrected chi connectivity index (χ3v) is 3.33. The number of hydrogen-bond acceptors (Lipinski definition) is 7. The van der Waals surface area contributed by atoms with Crippen molar-refractivity contribution >= 4 is 23.4 Å². The van der Waals surface area contributed by atoms with E-state index < -0.39 is 22.4 Å². The lowest BCUT2D eigenvalue weighted by Gasteiger charge is -2.06. The Morgan fingerprint density at radius 1 is 1.38 bits per heavy atom. The number of rotatable bonds is 4. The number of esters is 1. The molecular weight excluding hydrogens is 301 g/mol. The van der Waals surface area contributed by atoms with Gasteiger partial charge in [0.25, 0.3) is 5.69 Å². The van der Waals surface area contributed by atoms with E-state index in [-0.39, 0.29) is 15.6 Å². The minimum Gasteiger partial charge on any atom is -0.465 e. The number of nitro benzene ring substituents is 1. The van der Waals surface area contributed by atoms with Crippen LogP contribution in [-0.2, 0) is 4.74 Å². The highest BCUT2D eigenvalue weighted by atomic mass is 32.2. The molecule has 1 heterocycles. The van der Waals surface area contributed by atoms with Gasteiger partial charge in [-0.05, 0) is 23.9 Å². The molecule has 0 saturated heterocycles. The quantitative estimate of drug-likeness (QED) is 0.370. The van der Waals surface area contributed by atoms with Gasteiger partial charge >= 0.3 is 5.97 Å². The van der Waals surface area contributed by atoms with Crippen molar-refractivity contribution in [2.75, 3.05) is 7.11 Å². The van der Waals surface area contributed by atoms with Crippen LogP contribution in [0.15, 0.2) is 40.6 Å². The number of ether oxygens (including phenoxy) is 1. The predicted octanol–water partition coefficient (Wildman–Crippen LogP) is 2.46. The molecule has 0 fully saturated rings. The summed E-state index contributed by atoms with van der Waals surface area (Å²) >= 11 is 0.855. The summed E-state index contributed by atoms with van der Waals surface area (Å²) in [5, 5.41) is 11.2. The summed E-state index contributed by atoms with van der Waals surface area (Å²) in [5.41, 5.74) is -0.862. The summed E-state index contributed by atoms with van der Waals surface area (Å²) in [5.74, 6) is -1.94. The first kappa shape index (κ1) is 14.9. The van der Waals surface area contributed by atoms with Crippen LogP contribution >= 0.6 is 11.8 Å². The van der Waals surface area contributed by atoms with Gasteiger partial charge in [-0.3, -0.25) is 10.1 Å². The van der Waals surface area contributed by atoms with Gasteiger partial charge < -0.3 is 4.74 Å². The first-order valence-electron chi connectivity index (χ1n) is 5.54. The van der Waals surface area contributed by atoms with Gasteiger partial charge in [0.05, 0.1) is 28.6 Å². The smallest absolute Gasteiger partial charge is 0.340 e. The van der Waals surface area contributed by atoms with Crippen LogP contribution in [0, 0.1) is 15.9 Å². The number of carbonyl (C=O) groups is 1. The maximum absolute atomic E-state index is 13.7. The molecule has 21 heavy (non-hydrogen) atoms. The van der Waals surface area contributed by atoms with Crippen LogP contribution < -0.4 is 0 Å². The average molecular weight is 309 g/mol. The SMILES string of the molecule is COC(=O)c1cc(Sc2ncccn2)c([N+](=O)[O-])cc1F. The second-order valence-corrected chi connectivity index (χ2v) is 4.69. The summed E-state index contributed by atoms with van der Waals surface area (Å²) in [4.78, 5) is 29.6. The maximum atomic E-state index is 13.7. The molecule has 108 valence electrons. The maximum Gasteiger partial charge on any atom is 0.340 e. The van der Waals surface area contributed by atoms with Gasteiger partial charge in [0.15, 0.2) is 5.16 Å². The zero-order valence-electron chi connectivity index (χ0n) is 10.6. The zero-order valence-corrected chi connectivity index (χ0v) is 11.5. The number of halogens is 1. The molecule has 0 bridgehead atoms. The highest BCUT2D eigenvalue weighted by Gasteiger charge is 2.23. The molecule has 1 aromatic carbocycles. The predicted molar refractivity (Wildman–Crippen MR) is 70.5 cm³/mol. The minimum absolute atomic E-state index is 0.0491. The van der Waals surface area contributed by atoms with Crippen LogP contribution in [0.3, 0.4) is 0 Å². The van der Waals surface area contributed by atoms with Crippen LogP contribution in [-0.4, -0.2) is 28.0 Å². The van der Waals surface area contributed by atoms with Crippen LogP contribution in [0.5, 0.6) is 0 Å². The number of nitrogens with zero attached hydrogens (tertiary/aromatic N) is 3. The Bertz CT molecular complexity index is 696. The Morgan fingerprint density at radius 3 is 2.62 bits per heavy atom. The molecule has 7 nitrogen and oxygen atoms in total. The van der Waals surface area contributed by atoms with Gasteiger partial charge in [-0.1, -0.05) is 0 Å². The number of benzene rings is 1. The van der Waals surface area contributed by atoms with Crippen molar-refractivity contribution in [1.82, 2.24) is 9.97 Å². The molecule has 0 amide bonds. The Morgan fingerprint density at radius 2 is 2.05 bits per heavy atom. The Hall–Kier alpha value is -2.55. The zero-order chi connectivity index (χ0) is 15.4. The minimum atomic E-state index is -1.02. The van der Waals surface area contributed by atoms with Crippen molar-refractivity contribution in [2.24, 2.45) is 0 Å². The summed E-state index contributed by atoms with van der Waals surface area (Å²) < 4.78 is 18.2. The van der Waals surface area contributed by atoms with E-state index in [1.54, 1.807) is 6.07 Å². The summed E-state index contributed by atoms with van der Waals surface area (Å²) in [7, 11) is 1.09. The fourth-order valence-corrected chi connectivity index (χ4v) is 2.31. The van der Waals surface area contributed by atoms with Crippen molar-refractivity contribution in [3.05, 3.63) is 52.1 Å². The van der Waals surface area contributed by atoms with Crippen LogP contribution in [0.4, 0.5) is 10.1 Å². The van der Waals surface area contributed by atoms with Gasteiger partial charge in [0.2, 0.25) is 0 Å². The average Bonchev–Trinajstić information content (AvgIpc) is 2.48. The van der Waals surface area contributed by atoms with Crippen molar-refractivity contribution in [3.8, 4) is 0 Å². The summed E-state index contributed by atoms with van der Waals surface area (Å²) in [6.07, 6.45) is 2.93. The van der Waals surface area contributed by atoms with Crippen molar-refractivity contribution < 1.29 is 18.8 Å². The third-order valence-electron chi connectivity index (χ3n) is 2.39. The fourth-order valence-electron chi connectivity index (χ4n) is 1.47. The van der Waals surface area contributed by atoms with Gasteiger partial charge in [-0.15, -0.1) is 0 Å². The Labute approximate surface area is 122 Å². The molecule has 0 aliphatic carbocycles. The molecule has 0 atom stereocenters. The van der Waals surface area contributed by atoms with Crippen LogP contribution in [0.2, 0.25) is 0 Å². The molecule has 2 rings (SSSR count). The van der Waals surface area contributed by atoms with Gasteiger partial charge in [0, 0.05) is 12.4 Å². The van der Waals surface area contributed by atoms with Crippen molar-refractivity contribution in [2.45, 2.75) is 10.1 Å². The fraction of sp³-hybridized carbons (Fsp3) is 0.0833. The highest BCUT2D eigenvalue weighted by Crippen LogP contribution is 2.34. The van der Waals surface area contributed by atoms with E-state index in [0.29, 0.717) is 6.07 Å². The van der Waals surface area contributed by atoms with Gasteiger partial charge in [-0.2, -0.15) is 0 Å². The standard InChI is InChI=1S/C12H8FN3O4S/c1-20-11(17)7-5-10(9(16(18)19)6-8(7)13)21-12-14-3-2-4-15-12/h2-6H,1H3. The molecule has 0 unspecified atom stereocenters. The van der Waals surface area contributed by atoms with E-state index in [4.69, 9.17) is 0 Å². The molecule has 1 aromatic heterocycles. The van der Waals surface area contributed by atoms with E-state index >= 15 is 0 Å². The lowest BCUT2D eigenvalue weighted by Crippen LogP contribution is -2.06. The first-order chi connectivity index (χ1) is 10.0. The second-order valence-electron chi connectivity index (χ2n) is 3.68. The van der Waals surface area contributed by atoms with E-state index in [2.05, 4.69) is 14.7 Å². The molecule has 0 aliphatic rings. The highest BCUT2D eigenvalue weighted by molar-refractivity contribution is 7.99. The molecule has 9 heteroatoms. The molecule has 2 aromatic rings. The second kappa shape index (κ2) is 6.27. The summed E-state index contributed by atoms with van der Waals surface area (Å²) in [6, 6.07) is 3.32. The number of methoxy groups -OCH3 is 1. The molecule has 0 radical (unpaired) electrons. The Kier molecular flexibility index (Phi) is 4.43. The normalized spacial score (nSPS) is 10.2. The monoisotopic (exact) mass is 309 g/mol. The topological polar surface area (TPSA) is 95.2 Å². The van der Waals surface area contributed by atoms with E-state index in [0.717, 1.165) is 24.9 Å². The van der Waals surface area contributed by atoms with Crippen molar-refractivity contribution in [1.29, 1.82) is 0 Å². The third kappa shape index (κ3) is 3.31. The number of carbonyl (C=O) groups excluding carboxylic acids is 1. The van der Waals surface area contributed by atoms with Crippen LogP contribution in [0.25, 0.3) is 0 Å². The van der Waals surface area contributed by atoms with E-state index in [1.807, 2.05) is 0 Å². The molecule has 0 aliphatic heterocycles. The van der Waals surface area contributed by atoms with Crippen LogP contribution in [0.1, 0.15) is 10.4 Å². The molecule has 0 N–H and O–H groups in total. The molecule has 0 spiro atoms. The first-order valence-corrected chi connectivity index (χ1v) is 6.35. The summed E-state index contributed by atoms with van der Waals surface area (Å²) in [6.45, 7) is 0. The lowest BCUT2D eigenvalue weighted by molar-refractivity contribution is -0.387. The largest absolute Gasteiger partial charge is 0.465 e. The Balaban J connectivity index is 2.51. The van der Waals surface area contributed by atoms with Gasteiger partial charge in [0.1, 0.15) is 5.82 Å². The molecular formula is C12H8FN3O4S.